The highest BCUT2D eigenvalue weighted by Crippen LogP contribution is 1.95. The summed E-state index contributed by atoms with van der Waals surface area (Å²) in [4.78, 5) is 11.4. The van der Waals surface area contributed by atoms with Gasteiger partial charge in [0.15, 0.2) is 0 Å². The van der Waals surface area contributed by atoms with E-state index < -0.39 is 0 Å². The SMILES string of the molecule is CCC(CC)NC(=O)CNCC(C)C. The van der Waals surface area contributed by atoms with Gasteiger partial charge in [-0.1, -0.05) is 27.7 Å². The zero-order valence-corrected chi connectivity index (χ0v) is 9.89. The van der Waals surface area contributed by atoms with Gasteiger partial charge in [0.05, 0.1) is 6.54 Å². The van der Waals surface area contributed by atoms with Gasteiger partial charge in [-0.05, 0) is 25.3 Å². The topological polar surface area (TPSA) is 41.1 Å². The Morgan fingerprint density at radius 2 is 1.79 bits per heavy atom. The number of nitrogens with one attached hydrogen (secondary N) is 2. The molecule has 0 aliphatic heterocycles. The predicted octanol–water partition coefficient (Wildman–Crippen LogP) is 1.54. The Kier molecular flexibility index (Phi) is 7.48. The summed E-state index contributed by atoms with van der Waals surface area (Å²) in [6, 6.07) is 0.336. The summed E-state index contributed by atoms with van der Waals surface area (Å²) in [5, 5.41) is 6.11. The van der Waals surface area contributed by atoms with Gasteiger partial charge in [-0.2, -0.15) is 0 Å². The number of rotatable bonds is 7. The molecule has 2 N–H and O–H groups in total. The number of amides is 1. The molecule has 0 bridgehead atoms. The van der Waals surface area contributed by atoms with Crippen molar-refractivity contribution in [1.82, 2.24) is 10.6 Å². The zero-order valence-electron chi connectivity index (χ0n) is 9.89. The molecule has 0 aliphatic rings. The highest BCUT2D eigenvalue weighted by molar-refractivity contribution is 5.78. The Labute approximate surface area is 87.6 Å². The quantitative estimate of drug-likeness (QED) is 0.654. The Morgan fingerprint density at radius 3 is 2.21 bits per heavy atom. The zero-order chi connectivity index (χ0) is 11.0. The average molecular weight is 200 g/mol. The molecule has 0 atom stereocenters. The van der Waals surface area contributed by atoms with Gasteiger partial charge < -0.3 is 10.6 Å². The third-order valence-corrected chi connectivity index (χ3v) is 2.19. The van der Waals surface area contributed by atoms with Gasteiger partial charge in [0.25, 0.3) is 0 Å². The van der Waals surface area contributed by atoms with Crippen molar-refractivity contribution < 1.29 is 4.79 Å². The van der Waals surface area contributed by atoms with Crippen molar-refractivity contribution >= 4 is 5.91 Å². The van der Waals surface area contributed by atoms with E-state index in [1.165, 1.54) is 0 Å². The predicted molar refractivity (Wildman–Crippen MR) is 60.2 cm³/mol. The first-order chi connectivity index (χ1) is 6.60. The lowest BCUT2D eigenvalue weighted by molar-refractivity contribution is -0.121. The van der Waals surface area contributed by atoms with Crippen LogP contribution in [-0.4, -0.2) is 25.0 Å². The van der Waals surface area contributed by atoms with E-state index in [-0.39, 0.29) is 5.91 Å². The van der Waals surface area contributed by atoms with Crippen LogP contribution in [0.3, 0.4) is 0 Å². The van der Waals surface area contributed by atoms with Crippen molar-refractivity contribution in [2.45, 2.75) is 46.6 Å². The van der Waals surface area contributed by atoms with Crippen molar-refractivity contribution in [3.63, 3.8) is 0 Å². The number of carbonyl (C=O) groups excluding carboxylic acids is 1. The van der Waals surface area contributed by atoms with Crippen molar-refractivity contribution in [3.05, 3.63) is 0 Å². The maximum Gasteiger partial charge on any atom is 0.234 e. The summed E-state index contributed by atoms with van der Waals surface area (Å²) in [6.07, 6.45) is 2.01. The molecule has 0 spiro atoms. The summed E-state index contributed by atoms with van der Waals surface area (Å²) in [5.74, 6) is 0.704. The molecule has 3 heteroatoms. The minimum atomic E-state index is 0.111. The van der Waals surface area contributed by atoms with Crippen LogP contribution in [0.15, 0.2) is 0 Å². The lowest BCUT2D eigenvalue weighted by Crippen LogP contribution is -2.40. The van der Waals surface area contributed by atoms with Gasteiger partial charge >= 0.3 is 0 Å². The molecule has 1 amide bonds. The molecule has 0 rings (SSSR count). The first-order valence-corrected chi connectivity index (χ1v) is 5.60. The van der Waals surface area contributed by atoms with Gasteiger partial charge in [0, 0.05) is 6.04 Å². The molecule has 0 aliphatic carbocycles. The molecule has 14 heavy (non-hydrogen) atoms. The fraction of sp³-hybridized carbons (Fsp3) is 0.909. The third kappa shape index (κ3) is 6.89. The minimum absolute atomic E-state index is 0.111. The summed E-state index contributed by atoms with van der Waals surface area (Å²) in [5.41, 5.74) is 0. The van der Waals surface area contributed by atoms with Crippen LogP contribution >= 0.6 is 0 Å². The lowest BCUT2D eigenvalue weighted by Gasteiger charge is -2.15. The summed E-state index contributed by atoms with van der Waals surface area (Å²) < 4.78 is 0. The average Bonchev–Trinajstić information content (AvgIpc) is 2.13. The van der Waals surface area contributed by atoms with Crippen LogP contribution in [0.25, 0.3) is 0 Å². The van der Waals surface area contributed by atoms with Crippen molar-refractivity contribution in [2.75, 3.05) is 13.1 Å². The van der Waals surface area contributed by atoms with E-state index in [9.17, 15) is 4.79 Å². The standard InChI is InChI=1S/C11H24N2O/c1-5-10(6-2)13-11(14)8-12-7-9(3)4/h9-10,12H,5-8H2,1-4H3,(H,13,14). The van der Waals surface area contributed by atoms with E-state index in [4.69, 9.17) is 0 Å². The maximum absolute atomic E-state index is 11.4. The van der Waals surface area contributed by atoms with E-state index >= 15 is 0 Å². The lowest BCUT2D eigenvalue weighted by atomic mass is 10.2. The summed E-state index contributed by atoms with van der Waals surface area (Å²) in [7, 11) is 0. The smallest absolute Gasteiger partial charge is 0.234 e. The van der Waals surface area contributed by atoms with Crippen LogP contribution in [-0.2, 0) is 4.79 Å². The number of hydrogen-bond donors (Lipinski definition) is 2. The van der Waals surface area contributed by atoms with E-state index in [2.05, 4.69) is 38.3 Å². The molecule has 0 aromatic heterocycles. The van der Waals surface area contributed by atoms with Gasteiger partial charge in [-0.15, -0.1) is 0 Å². The van der Waals surface area contributed by atoms with Crippen molar-refractivity contribution in [3.8, 4) is 0 Å². The van der Waals surface area contributed by atoms with E-state index in [1.807, 2.05) is 0 Å². The molecule has 0 heterocycles. The number of hydrogen-bond acceptors (Lipinski definition) is 2. The van der Waals surface area contributed by atoms with Gasteiger partial charge in [-0.25, -0.2) is 0 Å². The Morgan fingerprint density at radius 1 is 1.21 bits per heavy atom. The highest BCUT2D eigenvalue weighted by Gasteiger charge is 2.07. The molecule has 0 aromatic carbocycles. The van der Waals surface area contributed by atoms with E-state index in [0.29, 0.717) is 18.5 Å². The summed E-state index contributed by atoms with van der Waals surface area (Å²) in [6.45, 7) is 9.79. The fourth-order valence-corrected chi connectivity index (χ4v) is 1.25. The molecule has 84 valence electrons. The minimum Gasteiger partial charge on any atom is -0.352 e. The molecule has 0 unspecified atom stereocenters. The molecular formula is C11H24N2O. The second-order valence-electron chi connectivity index (χ2n) is 4.11. The van der Waals surface area contributed by atoms with Crippen molar-refractivity contribution in [1.29, 1.82) is 0 Å². The van der Waals surface area contributed by atoms with E-state index in [1.54, 1.807) is 0 Å². The second-order valence-corrected chi connectivity index (χ2v) is 4.11. The van der Waals surface area contributed by atoms with Crippen LogP contribution in [0.1, 0.15) is 40.5 Å². The van der Waals surface area contributed by atoms with Crippen LogP contribution < -0.4 is 10.6 Å². The number of carbonyl (C=O) groups is 1. The summed E-state index contributed by atoms with van der Waals surface area (Å²) >= 11 is 0. The second kappa shape index (κ2) is 7.80. The highest BCUT2D eigenvalue weighted by atomic mass is 16.1. The Balaban J connectivity index is 3.54. The first kappa shape index (κ1) is 13.4. The normalized spacial score (nSPS) is 11.0. The van der Waals surface area contributed by atoms with E-state index in [0.717, 1.165) is 19.4 Å². The Bertz CT molecular complexity index is 153. The molecule has 0 radical (unpaired) electrons. The Hall–Kier alpha value is -0.570. The molecular weight excluding hydrogens is 176 g/mol. The molecule has 0 saturated heterocycles. The molecule has 0 aromatic rings. The molecule has 0 saturated carbocycles. The maximum atomic E-state index is 11.4. The monoisotopic (exact) mass is 200 g/mol. The van der Waals surface area contributed by atoms with Gasteiger partial charge in [0.1, 0.15) is 0 Å². The molecule has 0 fully saturated rings. The molecule has 3 nitrogen and oxygen atoms in total. The van der Waals surface area contributed by atoms with Gasteiger partial charge in [-0.3, -0.25) is 4.79 Å². The van der Waals surface area contributed by atoms with Crippen LogP contribution in [0.4, 0.5) is 0 Å². The fourth-order valence-electron chi connectivity index (χ4n) is 1.25. The third-order valence-electron chi connectivity index (χ3n) is 2.19. The van der Waals surface area contributed by atoms with Crippen LogP contribution in [0.5, 0.6) is 0 Å². The first-order valence-electron chi connectivity index (χ1n) is 5.60. The van der Waals surface area contributed by atoms with Crippen LogP contribution in [0, 0.1) is 5.92 Å². The van der Waals surface area contributed by atoms with Crippen molar-refractivity contribution in [2.24, 2.45) is 5.92 Å². The van der Waals surface area contributed by atoms with Crippen LogP contribution in [0.2, 0.25) is 0 Å². The van der Waals surface area contributed by atoms with Gasteiger partial charge in [0.2, 0.25) is 5.91 Å². The largest absolute Gasteiger partial charge is 0.352 e.